The Balaban J connectivity index is 2.68. The predicted molar refractivity (Wildman–Crippen MR) is 83.5 cm³/mol. The van der Waals surface area contributed by atoms with E-state index in [1.54, 1.807) is 0 Å². The van der Waals surface area contributed by atoms with Crippen LogP contribution < -0.4 is 5.73 Å². The second-order valence-electron chi connectivity index (χ2n) is 4.72. The maximum absolute atomic E-state index is 6.24. The molecule has 1 aromatic carbocycles. The maximum atomic E-state index is 6.24. The molecule has 0 amide bonds. The normalized spacial score (nSPS) is 14.8. The van der Waals surface area contributed by atoms with Crippen molar-refractivity contribution < 1.29 is 0 Å². The van der Waals surface area contributed by atoms with E-state index >= 15 is 0 Å². The molecule has 2 atom stereocenters. The van der Waals surface area contributed by atoms with Gasteiger partial charge in [0.2, 0.25) is 0 Å². The van der Waals surface area contributed by atoms with Gasteiger partial charge in [-0.25, -0.2) is 0 Å². The van der Waals surface area contributed by atoms with E-state index in [0.717, 1.165) is 23.7 Å². The summed E-state index contributed by atoms with van der Waals surface area (Å²) >= 11 is 7.86. The Bertz CT molecular complexity index is 340. The Morgan fingerprint density at radius 3 is 2.39 bits per heavy atom. The van der Waals surface area contributed by atoms with E-state index in [2.05, 4.69) is 38.1 Å². The summed E-state index contributed by atoms with van der Waals surface area (Å²) in [5.41, 5.74) is 7.51. The minimum Gasteiger partial charge on any atom is -0.326 e. The molecule has 2 N–H and O–H groups in total. The summed E-state index contributed by atoms with van der Waals surface area (Å²) in [5, 5.41) is 1.13. The number of benzene rings is 1. The Morgan fingerprint density at radius 1 is 1.28 bits per heavy atom. The highest BCUT2D eigenvalue weighted by Gasteiger charge is 2.18. The van der Waals surface area contributed by atoms with E-state index in [4.69, 9.17) is 17.3 Å². The SMILES string of the molecule is CCC(N)C(SCCN(C)C)c1ccc(Cl)cc1. The van der Waals surface area contributed by atoms with Crippen molar-refractivity contribution >= 4 is 23.4 Å². The van der Waals surface area contributed by atoms with Crippen LogP contribution in [0.4, 0.5) is 0 Å². The number of hydrogen-bond donors (Lipinski definition) is 1. The molecule has 0 aromatic heterocycles. The lowest BCUT2D eigenvalue weighted by Gasteiger charge is -2.23. The zero-order valence-corrected chi connectivity index (χ0v) is 13.0. The summed E-state index contributed by atoms with van der Waals surface area (Å²) in [6.45, 7) is 3.21. The highest BCUT2D eigenvalue weighted by molar-refractivity contribution is 7.99. The fourth-order valence-electron chi connectivity index (χ4n) is 1.70. The lowest BCUT2D eigenvalue weighted by molar-refractivity contribution is 0.437. The minimum absolute atomic E-state index is 0.193. The molecule has 0 spiro atoms. The molecule has 102 valence electrons. The first-order valence-corrected chi connectivity index (χ1v) is 7.74. The topological polar surface area (TPSA) is 29.3 Å². The number of thioether (sulfide) groups is 1. The molecule has 1 rings (SSSR count). The van der Waals surface area contributed by atoms with E-state index < -0.39 is 0 Å². The van der Waals surface area contributed by atoms with Gasteiger partial charge in [-0.2, -0.15) is 11.8 Å². The smallest absolute Gasteiger partial charge is 0.0448 e. The summed E-state index contributed by atoms with van der Waals surface area (Å²) in [5.74, 6) is 1.09. The standard InChI is InChI=1S/C14H23ClN2S/c1-4-13(16)14(18-10-9-17(2)3)11-5-7-12(15)8-6-11/h5-8,13-14H,4,9-10,16H2,1-3H3. The molecule has 0 aliphatic carbocycles. The molecule has 2 nitrogen and oxygen atoms in total. The molecule has 0 saturated carbocycles. The van der Waals surface area contributed by atoms with Gasteiger partial charge in [0.15, 0.2) is 0 Å². The second kappa shape index (κ2) is 8.05. The Morgan fingerprint density at radius 2 is 1.89 bits per heavy atom. The molecule has 18 heavy (non-hydrogen) atoms. The first-order valence-electron chi connectivity index (χ1n) is 6.32. The molecule has 4 heteroatoms. The highest BCUT2D eigenvalue weighted by Crippen LogP contribution is 2.33. The van der Waals surface area contributed by atoms with Gasteiger partial charge in [-0.3, -0.25) is 0 Å². The van der Waals surface area contributed by atoms with Gasteiger partial charge >= 0.3 is 0 Å². The summed E-state index contributed by atoms with van der Waals surface area (Å²) < 4.78 is 0. The van der Waals surface area contributed by atoms with Crippen LogP contribution in [0.5, 0.6) is 0 Å². The van der Waals surface area contributed by atoms with Gasteiger partial charge in [0.25, 0.3) is 0 Å². The molecule has 0 saturated heterocycles. The molecule has 0 aliphatic rings. The van der Waals surface area contributed by atoms with Crippen LogP contribution in [0.2, 0.25) is 5.02 Å². The first-order chi connectivity index (χ1) is 8.54. The van der Waals surface area contributed by atoms with Crippen LogP contribution in [0.1, 0.15) is 24.2 Å². The fourth-order valence-corrected chi connectivity index (χ4v) is 3.34. The highest BCUT2D eigenvalue weighted by atomic mass is 35.5. The van der Waals surface area contributed by atoms with E-state index in [1.807, 2.05) is 23.9 Å². The van der Waals surface area contributed by atoms with Crippen molar-refractivity contribution in [3.8, 4) is 0 Å². The lowest BCUT2D eigenvalue weighted by Crippen LogP contribution is -2.27. The molecule has 0 aliphatic heterocycles. The van der Waals surface area contributed by atoms with Crippen molar-refractivity contribution in [2.24, 2.45) is 5.73 Å². The fraction of sp³-hybridized carbons (Fsp3) is 0.571. The molecule has 0 heterocycles. The molecular weight excluding hydrogens is 264 g/mol. The van der Waals surface area contributed by atoms with Gasteiger partial charge in [-0.15, -0.1) is 0 Å². The van der Waals surface area contributed by atoms with Gasteiger partial charge in [-0.05, 0) is 38.2 Å². The lowest BCUT2D eigenvalue weighted by atomic mass is 10.0. The maximum Gasteiger partial charge on any atom is 0.0448 e. The molecular formula is C14H23ClN2S. The van der Waals surface area contributed by atoms with Crippen LogP contribution in [0.15, 0.2) is 24.3 Å². The zero-order valence-electron chi connectivity index (χ0n) is 11.4. The van der Waals surface area contributed by atoms with Crippen molar-refractivity contribution in [2.75, 3.05) is 26.4 Å². The van der Waals surface area contributed by atoms with Crippen LogP contribution in [0, 0.1) is 0 Å². The van der Waals surface area contributed by atoms with Crippen molar-refractivity contribution in [2.45, 2.75) is 24.6 Å². The summed E-state index contributed by atoms with van der Waals surface area (Å²) in [4.78, 5) is 2.20. The molecule has 2 unspecified atom stereocenters. The van der Waals surface area contributed by atoms with E-state index in [-0.39, 0.29) is 6.04 Å². The monoisotopic (exact) mass is 286 g/mol. The third-order valence-electron chi connectivity index (χ3n) is 2.89. The second-order valence-corrected chi connectivity index (χ2v) is 6.40. The average Bonchev–Trinajstić information content (AvgIpc) is 2.35. The number of nitrogens with two attached hydrogens (primary N) is 1. The van der Waals surface area contributed by atoms with Crippen LogP contribution in [-0.2, 0) is 0 Å². The van der Waals surface area contributed by atoms with Gasteiger partial charge < -0.3 is 10.6 Å². The summed E-state index contributed by atoms with van der Waals surface area (Å²) in [6, 6.07) is 8.26. The molecule has 0 radical (unpaired) electrons. The van der Waals surface area contributed by atoms with Crippen LogP contribution in [0.25, 0.3) is 0 Å². The average molecular weight is 287 g/mol. The molecule has 0 bridgehead atoms. The first kappa shape index (κ1) is 15.8. The third kappa shape index (κ3) is 5.19. The predicted octanol–water partition coefficient (Wildman–Crippen LogP) is 3.41. The van der Waals surface area contributed by atoms with Crippen LogP contribution in [0.3, 0.4) is 0 Å². The van der Waals surface area contributed by atoms with Crippen LogP contribution >= 0.6 is 23.4 Å². The number of halogens is 1. The zero-order chi connectivity index (χ0) is 13.5. The van der Waals surface area contributed by atoms with Gasteiger partial charge in [0.05, 0.1) is 0 Å². The van der Waals surface area contributed by atoms with Gasteiger partial charge in [0, 0.05) is 28.6 Å². The Labute approximate surface area is 120 Å². The van der Waals surface area contributed by atoms with E-state index in [9.17, 15) is 0 Å². The largest absolute Gasteiger partial charge is 0.326 e. The Hall–Kier alpha value is -0.220. The van der Waals surface area contributed by atoms with E-state index in [0.29, 0.717) is 5.25 Å². The number of rotatable bonds is 7. The van der Waals surface area contributed by atoms with Crippen molar-refractivity contribution in [3.05, 3.63) is 34.9 Å². The quantitative estimate of drug-likeness (QED) is 0.833. The summed E-state index contributed by atoms with van der Waals surface area (Å²) in [6.07, 6.45) is 0.988. The summed E-state index contributed by atoms with van der Waals surface area (Å²) in [7, 11) is 4.19. The van der Waals surface area contributed by atoms with Crippen molar-refractivity contribution in [1.29, 1.82) is 0 Å². The molecule has 1 aromatic rings. The number of nitrogens with zero attached hydrogens (tertiary/aromatic N) is 1. The molecule has 0 fully saturated rings. The van der Waals surface area contributed by atoms with Crippen LogP contribution in [-0.4, -0.2) is 37.3 Å². The van der Waals surface area contributed by atoms with Crippen molar-refractivity contribution in [3.63, 3.8) is 0 Å². The number of hydrogen-bond acceptors (Lipinski definition) is 3. The minimum atomic E-state index is 0.193. The van der Waals surface area contributed by atoms with Crippen molar-refractivity contribution in [1.82, 2.24) is 4.90 Å². The van der Waals surface area contributed by atoms with Gasteiger partial charge in [-0.1, -0.05) is 30.7 Å². The Kier molecular flexibility index (Phi) is 7.08. The van der Waals surface area contributed by atoms with E-state index in [1.165, 1.54) is 5.56 Å². The third-order valence-corrected chi connectivity index (χ3v) is 4.55. The van der Waals surface area contributed by atoms with Gasteiger partial charge in [0.1, 0.15) is 0 Å².